The van der Waals surface area contributed by atoms with Gasteiger partial charge in [0.1, 0.15) is 0 Å². The molecule has 0 saturated heterocycles. The Labute approximate surface area is 45.5 Å². The molecule has 0 spiro atoms. The van der Waals surface area contributed by atoms with Crippen LogP contribution in [-0.4, -0.2) is 0 Å². The van der Waals surface area contributed by atoms with E-state index in [1.807, 2.05) is 13.0 Å². The molecule has 7 heavy (non-hydrogen) atoms. The molecular weight excluding hydrogens is 84.1 g/mol. The molecule has 0 bridgehead atoms. The summed E-state index contributed by atoms with van der Waals surface area (Å²) in [6.07, 6.45) is 4.74. The highest BCUT2D eigenvalue weighted by Crippen LogP contribution is 1.94. The van der Waals surface area contributed by atoms with Gasteiger partial charge in [0.25, 0.3) is 0 Å². The van der Waals surface area contributed by atoms with Crippen molar-refractivity contribution in [1.82, 2.24) is 0 Å². The van der Waals surface area contributed by atoms with Gasteiger partial charge < -0.3 is 0 Å². The summed E-state index contributed by atoms with van der Waals surface area (Å²) < 4.78 is 0. The molecule has 0 unspecified atom stereocenters. The molecule has 39 valence electrons. The summed E-state index contributed by atoms with van der Waals surface area (Å²) in [6.45, 7) is 9.25. The lowest BCUT2D eigenvalue weighted by atomic mass is 10.2. The minimum atomic E-state index is 0.962. The van der Waals surface area contributed by atoms with Crippen LogP contribution in [0.3, 0.4) is 0 Å². The maximum Gasteiger partial charge on any atom is -0.0144 e. The number of hydrogen-bond acceptors (Lipinski definition) is 0. The second kappa shape index (κ2) is 3.66. The molecule has 0 rings (SSSR count). The van der Waals surface area contributed by atoms with Crippen LogP contribution in [0, 0.1) is 6.92 Å². The molecule has 0 fully saturated rings. The summed E-state index contributed by atoms with van der Waals surface area (Å²) in [4.78, 5) is 0. The smallest absolute Gasteiger partial charge is 0.0144 e. The van der Waals surface area contributed by atoms with Crippen molar-refractivity contribution in [2.45, 2.75) is 13.3 Å². The molecule has 0 aliphatic rings. The van der Waals surface area contributed by atoms with E-state index in [1.165, 1.54) is 5.57 Å². The zero-order chi connectivity index (χ0) is 5.70. The molecule has 1 radical (unpaired) electrons. The fourth-order valence-corrected chi connectivity index (χ4v) is 0.285. The molecule has 0 aliphatic heterocycles. The van der Waals surface area contributed by atoms with Gasteiger partial charge in [-0.1, -0.05) is 24.3 Å². The second-order valence-corrected chi connectivity index (χ2v) is 1.63. The van der Waals surface area contributed by atoms with Crippen LogP contribution in [0.1, 0.15) is 13.3 Å². The third kappa shape index (κ3) is 5.48. The third-order valence-electron chi connectivity index (χ3n) is 0.633. The molecule has 0 aromatic heterocycles. The van der Waals surface area contributed by atoms with E-state index < -0.39 is 0 Å². The van der Waals surface area contributed by atoms with Crippen molar-refractivity contribution in [1.29, 1.82) is 0 Å². The van der Waals surface area contributed by atoms with Gasteiger partial charge in [0.05, 0.1) is 0 Å². The lowest BCUT2D eigenvalue weighted by Crippen LogP contribution is -1.63. The topological polar surface area (TPSA) is 0 Å². The highest BCUT2D eigenvalue weighted by atomic mass is 13.8. The van der Waals surface area contributed by atoms with Gasteiger partial charge in [-0.3, -0.25) is 0 Å². The summed E-state index contributed by atoms with van der Waals surface area (Å²) in [5, 5.41) is 0. The summed E-state index contributed by atoms with van der Waals surface area (Å²) in [7, 11) is 0. The van der Waals surface area contributed by atoms with Gasteiger partial charge >= 0.3 is 0 Å². The van der Waals surface area contributed by atoms with Crippen LogP contribution >= 0.6 is 0 Å². The lowest BCUT2D eigenvalue weighted by molar-refractivity contribution is 1.23. The standard InChI is InChI=1S/C7H11/c1-4-5-6-7(2)3/h4-5H,1-2,6H2,3H3. The minimum absolute atomic E-state index is 0.962. The fourth-order valence-electron chi connectivity index (χ4n) is 0.285. The first kappa shape index (κ1) is 6.48. The first-order valence-corrected chi connectivity index (χ1v) is 2.36. The average Bonchev–Trinajstić information content (AvgIpc) is 1.61. The van der Waals surface area contributed by atoms with Crippen molar-refractivity contribution in [2.24, 2.45) is 0 Å². The van der Waals surface area contributed by atoms with E-state index in [4.69, 9.17) is 0 Å². The summed E-state index contributed by atoms with van der Waals surface area (Å²) in [5.74, 6) is 0. The van der Waals surface area contributed by atoms with Crippen LogP contribution in [-0.2, 0) is 0 Å². The molecule has 0 atom stereocenters. The Balaban J connectivity index is 3.14. The van der Waals surface area contributed by atoms with E-state index in [1.54, 1.807) is 6.08 Å². The van der Waals surface area contributed by atoms with Crippen molar-refractivity contribution in [3.8, 4) is 0 Å². The van der Waals surface area contributed by atoms with Crippen molar-refractivity contribution in [2.75, 3.05) is 0 Å². The van der Waals surface area contributed by atoms with Gasteiger partial charge in [-0.2, -0.15) is 0 Å². The molecule has 0 amide bonds. The van der Waals surface area contributed by atoms with Gasteiger partial charge in [-0.15, -0.1) is 0 Å². The molecule has 0 nitrogen and oxygen atoms in total. The number of hydrogen-bond donors (Lipinski definition) is 0. The van der Waals surface area contributed by atoms with Gasteiger partial charge in [0.2, 0.25) is 0 Å². The van der Waals surface area contributed by atoms with Gasteiger partial charge in [-0.25, -0.2) is 0 Å². The molecule has 0 aromatic rings. The predicted octanol–water partition coefficient (Wildman–Crippen LogP) is 2.34. The van der Waals surface area contributed by atoms with E-state index in [0.29, 0.717) is 0 Å². The predicted molar refractivity (Wildman–Crippen MR) is 33.9 cm³/mol. The first-order chi connectivity index (χ1) is 3.27. The molecule has 0 N–H and O–H groups in total. The Hall–Kier alpha value is -0.520. The quantitative estimate of drug-likeness (QED) is 0.462. The SMILES string of the molecule is [CH2]C=CCC(=C)C. The van der Waals surface area contributed by atoms with Crippen LogP contribution < -0.4 is 0 Å². The Morgan fingerprint density at radius 3 is 2.43 bits per heavy atom. The van der Waals surface area contributed by atoms with E-state index in [9.17, 15) is 0 Å². The highest BCUT2D eigenvalue weighted by Gasteiger charge is 1.73. The van der Waals surface area contributed by atoms with Crippen LogP contribution in [0.5, 0.6) is 0 Å². The van der Waals surface area contributed by atoms with Crippen molar-refractivity contribution < 1.29 is 0 Å². The number of rotatable bonds is 2. The molecule has 0 aromatic carbocycles. The summed E-state index contributed by atoms with van der Waals surface area (Å²) in [6, 6.07) is 0. The average molecular weight is 95.2 g/mol. The van der Waals surface area contributed by atoms with Crippen LogP contribution in [0.15, 0.2) is 24.3 Å². The molecule has 0 saturated carbocycles. The molecule has 0 aliphatic carbocycles. The molecule has 0 heterocycles. The third-order valence-corrected chi connectivity index (χ3v) is 0.633. The van der Waals surface area contributed by atoms with E-state index in [-0.39, 0.29) is 0 Å². The zero-order valence-electron chi connectivity index (χ0n) is 4.78. The van der Waals surface area contributed by atoms with E-state index in [2.05, 4.69) is 13.5 Å². The van der Waals surface area contributed by atoms with Crippen LogP contribution in [0.25, 0.3) is 0 Å². The number of allylic oxidation sites excluding steroid dienone is 3. The van der Waals surface area contributed by atoms with Crippen LogP contribution in [0.2, 0.25) is 0 Å². The van der Waals surface area contributed by atoms with Gasteiger partial charge in [-0.05, 0) is 20.3 Å². The second-order valence-electron chi connectivity index (χ2n) is 1.63. The Morgan fingerprint density at radius 2 is 2.29 bits per heavy atom. The summed E-state index contributed by atoms with van der Waals surface area (Å²) >= 11 is 0. The van der Waals surface area contributed by atoms with Gasteiger partial charge in [0.15, 0.2) is 0 Å². The van der Waals surface area contributed by atoms with E-state index in [0.717, 1.165) is 6.42 Å². The lowest BCUT2D eigenvalue weighted by Gasteiger charge is -1.84. The summed E-state index contributed by atoms with van der Waals surface area (Å²) in [5.41, 5.74) is 1.18. The van der Waals surface area contributed by atoms with Gasteiger partial charge in [0, 0.05) is 0 Å². The normalized spacial score (nSPS) is 10.0. The first-order valence-electron chi connectivity index (χ1n) is 2.36. The maximum atomic E-state index is 3.71. The van der Waals surface area contributed by atoms with E-state index >= 15 is 0 Å². The minimum Gasteiger partial charge on any atom is -0.0998 e. The van der Waals surface area contributed by atoms with Crippen LogP contribution in [0.4, 0.5) is 0 Å². The Bertz CT molecular complexity index is 78.0. The molecular formula is C7H11. The largest absolute Gasteiger partial charge is 0.0998 e. The Kier molecular flexibility index (Phi) is 3.39. The van der Waals surface area contributed by atoms with Crippen molar-refractivity contribution in [3.63, 3.8) is 0 Å². The zero-order valence-corrected chi connectivity index (χ0v) is 4.78. The Morgan fingerprint density at radius 1 is 1.71 bits per heavy atom. The maximum absolute atomic E-state index is 3.71. The van der Waals surface area contributed by atoms with Crippen molar-refractivity contribution >= 4 is 0 Å². The fraction of sp³-hybridized carbons (Fsp3) is 0.286. The monoisotopic (exact) mass is 95.1 g/mol. The molecule has 0 heteroatoms. The highest BCUT2D eigenvalue weighted by molar-refractivity contribution is 4.99. The van der Waals surface area contributed by atoms with Crippen molar-refractivity contribution in [3.05, 3.63) is 31.2 Å².